The lowest BCUT2D eigenvalue weighted by Crippen LogP contribution is -2.43. The summed E-state index contributed by atoms with van der Waals surface area (Å²) in [5.41, 5.74) is 0. The van der Waals surface area contributed by atoms with E-state index < -0.39 is 15.1 Å². The van der Waals surface area contributed by atoms with Gasteiger partial charge in [0.1, 0.15) is 14.9 Å². The van der Waals surface area contributed by atoms with Crippen LogP contribution in [0.4, 0.5) is 0 Å². The summed E-state index contributed by atoms with van der Waals surface area (Å²) in [6, 6.07) is 0. The van der Waals surface area contributed by atoms with Crippen LogP contribution in [0.25, 0.3) is 0 Å². The van der Waals surface area contributed by atoms with Crippen molar-refractivity contribution >= 4 is 43.6 Å². The summed E-state index contributed by atoms with van der Waals surface area (Å²) in [7, 11) is 0. The first-order valence-electron chi connectivity index (χ1n) is 4.43. The zero-order chi connectivity index (χ0) is 11.4. The van der Waals surface area contributed by atoms with E-state index in [1.807, 2.05) is 6.92 Å². The minimum Gasteiger partial charge on any atom is -0.480 e. The Balaban J connectivity index is 4.70. The highest BCUT2D eigenvalue weighted by molar-refractivity contribution is 9.13. The van der Waals surface area contributed by atoms with Crippen molar-refractivity contribution in [2.45, 2.75) is 42.3 Å². The molecule has 0 aromatic carbocycles. The van der Waals surface area contributed by atoms with Gasteiger partial charge < -0.3 is 5.11 Å². The lowest BCUT2D eigenvalue weighted by Gasteiger charge is -2.27. The monoisotopic (exact) mass is 328 g/mol. The van der Waals surface area contributed by atoms with Gasteiger partial charge in [-0.15, -0.1) is 0 Å². The lowest BCUT2D eigenvalue weighted by molar-refractivity contribution is -0.138. The molecule has 82 valence electrons. The minimum atomic E-state index is -1.02. The maximum absolute atomic E-state index is 11.4. The Labute approximate surface area is 101 Å². The lowest BCUT2D eigenvalue weighted by atomic mass is 9.94. The molecule has 0 spiro atoms. The smallest absolute Gasteiger partial charge is 0.319 e. The number of hydrogen-bond acceptors (Lipinski definition) is 2. The highest BCUT2D eigenvalue weighted by atomic mass is 79.9. The first kappa shape index (κ1) is 14.1. The van der Waals surface area contributed by atoms with Crippen molar-refractivity contribution in [1.82, 2.24) is 0 Å². The van der Waals surface area contributed by atoms with Crippen LogP contribution in [0.2, 0.25) is 0 Å². The fraction of sp³-hybridized carbons (Fsp3) is 0.778. The number of hydrogen-bond donors (Lipinski definition) is 1. The molecule has 0 heterocycles. The van der Waals surface area contributed by atoms with Crippen LogP contribution in [0, 0.1) is 0 Å². The summed E-state index contributed by atoms with van der Waals surface area (Å²) in [6.07, 6.45) is 2.28. The molecule has 0 rings (SSSR count). The fourth-order valence-electron chi connectivity index (χ4n) is 1.11. The van der Waals surface area contributed by atoms with E-state index in [1.54, 1.807) is 0 Å². The number of rotatable bonds is 6. The molecule has 0 saturated heterocycles. The van der Waals surface area contributed by atoms with Gasteiger partial charge in [-0.3, -0.25) is 9.59 Å². The predicted molar refractivity (Wildman–Crippen MR) is 62.2 cm³/mol. The van der Waals surface area contributed by atoms with Crippen LogP contribution in [0.3, 0.4) is 0 Å². The van der Waals surface area contributed by atoms with Crippen LogP contribution in [0.15, 0.2) is 0 Å². The minimum absolute atomic E-state index is 0.157. The molecule has 0 saturated carbocycles. The van der Waals surface area contributed by atoms with E-state index in [4.69, 9.17) is 5.11 Å². The van der Waals surface area contributed by atoms with Crippen molar-refractivity contribution in [3.05, 3.63) is 0 Å². The normalized spacial score (nSPS) is 17.1. The second-order valence-electron chi connectivity index (χ2n) is 3.22. The molecule has 14 heavy (non-hydrogen) atoms. The highest BCUT2D eigenvalue weighted by Gasteiger charge is 2.43. The fourth-order valence-corrected chi connectivity index (χ4v) is 2.14. The average molecular weight is 330 g/mol. The molecular weight excluding hydrogens is 316 g/mol. The van der Waals surface area contributed by atoms with E-state index >= 15 is 0 Å². The number of alkyl halides is 2. The maximum Gasteiger partial charge on any atom is 0.319 e. The Kier molecular flexibility index (Phi) is 5.90. The van der Waals surface area contributed by atoms with E-state index in [9.17, 15) is 9.59 Å². The summed E-state index contributed by atoms with van der Waals surface area (Å²) >= 11 is 6.27. The number of carboxylic acids is 1. The van der Waals surface area contributed by atoms with Gasteiger partial charge in [-0.05, 0) is 13.3 Å². The van der Waals surface area contributed by atoms with E-state index in [0.29, 0.717) is 6.42 Å². The molecule has 3 nitrogen and oxygen atoms in total. The molecule has 0 aromatic heterocycles. The maximum atomic E-state index is 11.4. The molecule has 0 aliphatic rings. The van der Waals surface area contributed by atoms with Crippen molar-refractivity contribution in [1.29, 1.82) is 0 Å². The third kappa shape index (κ3) is 3.35. The summed E-state index contributed by atoms with van der Waals surface area (Å²) in [6.45, 7) is 3.40. The van der Waals surface area contributed by atoms with E-state index in [-0.39, 0.29) is 5.78 Å². The first-order valence-corrected chi connectivity index (χ1v) is 6.14. The molecule has 0 bridgehead atoms. The zero-order valence-corrected chi connectivity index (χ0v) is 11.4. The SMILES string of the molecule is CCCCC(Br)(C(C)=O)C(Br)C(=O)O. The van der Waals surface area contributed by atoms with E-state index in [2.05, 4.69) is 31.9 Å². The van der Waals surface area contributed by atoms with Gasteiger partial charge in [0.2, 0.25) is 0 Å². The number of carboxylic acid groups (broad SMARTS) is 1. The number of Topliss-reactive ketones (excluding diaryl/α,β-unsaturated/α-hetero) is 1. The van der Waals surface area contributed by atoms with Crippen molar-refractivity contribution < 1.29 is 14.7 Å². The number of carbonyl (C=O) groups is 2. The zero-order valence-electron chi connectivity index (χ0n) is 8.22. The van der Waals surface area contributed by atoms with Gasteiger partial charge in [-0.25, -0.2) is 0 Å². The molecule has 2 atom stereocenters. The standard InChI is InChI=1S/C9H14Br2O3/c1-3-4-5-9(11,6(2)12)7(10)8(13)14/h7H,3-5H2,1-2H3,(H,13,14). The average Bonchev–Trinajstić information content (AvgIpc) is 2.12. The molecule has 0 radical (unpaired) electrons. The van der Waals surface area contributed by atoms with E-state index in [0.717, 1.165) is 12.8 Å². The van der Waals surface area contributed by atoms with Gasteiger partial charge in [0.15, 0.2) is 0 Å². The van der Waals surface area contributed by atoms with Crippen LogP contribution >= 0.6 is 31.9 Å². The van der Waals surface area contributed by atoms with Crippen molar-refractivity contribution in [2.24, 2.45) is 0 Å². The molecule has 0 aliphatic carbocycles. The Morgan fingerprint density at radius 3 is 2.29 bits per heavy atom. The predicted octanol–water partition coefficient (Wildman–Crippen LogP) is 2.75. The third-order valence-corrected chi connectivity index (χ3v) is 5.30. The second-order valence-corrected chi connectivity index (χ2v) is 5.55. The van der Waals surface area contributed by atoms with Crippen LogP contribution in [-0.4, -0.2) is 26.0 Å². The molecule has 0 amide bonds. The van der Waals surface area contributed by atoms with E-state index in [1.165, 1.54) is 6.92 Å². The van der Waals surface area contributed by atoms with Gasteiger partial charge >= 0.3 is 5.97 Å². The molecule has 5 heteroatoms. The van der Waals surface area contributed by atoms with Crippen molar-refractivity contribution in [3.8, 4) is 0 Å². The molecular formula is C9H14Br2O3. The van der Waals surface area contributed by atoms with Crippen LogP contribution in [0.1, 0.15) is 33.1 Å². The van der Waals surface area contributed by atoms with Gasteiger partial charge in [-0.2, -0.15) is 0 Å². The van der Waals surface area contributed by atoms with Crippen molar-refractivity contribution in [3.63, 3.8) is 0 Å². The topological polar surface area (TPSA) is 54.4 Å². The van der Waals surface area contributed by atoms with Gasteiger partial charge in [-0.1, -0.05) is 51.6 Å². The molecule has 1 N–H and O–H groups in total. The number of unbranched alkanes of at least 4 members (excludes halogenated alkanes) is 1. The Hall–Kier alpha value is 0.1000. The van der Waals surface area contributed by atoms with Crippen LogP contribution < -0.4 is 0 Å². The van der Waals surface area contributed by atoms with Gasteiger partial charge in [0.05, 0.1) is 0 Å². The van der Waals surface area contributed by atoms with Gasteiger partial charge in [0.25, 0.3) is 0 Å². The molecule has 0 aliphatic heterocycles. The summed E-state index contributed by atoms with van der Waals surface area (Å²) in [5.74, 6) is -1.18. The number of ketones is 1. The summed E-state index contributed by atoms with van der Waals surface area (Å²) in [5, 5.41) is 8.84. The summed E-state index contributed by atoms with van der Waals surface area (Å²) in [4.78, 5) is 21.3. The molecule has 2 unspecified atom stereocenters. The highest BCUT2D eigenvalue weighted by Crippen LogP contribution is 2.34. The Bertz CT molecular complexity index is 230. The van der Waals surface area contributed by atoms with Crippen LogP contribution in [0.5, 0.6) is 0 Å². The first-order chi connectivity index (χ1) is 6.36. The molecule has 0 aromatic rings. The Morgan fingerprint density at radius 1 is 1.50 bits per heavy atom. The summed E-state index contributed by atoms with van der Waals surface area (Å²) < 4.78 is -0.977. The van der Waals surface area contributed by atoms with Crippen molar-refractivity contribution in [2.75, 3.05) is 0 Å². The largest absolute Gasteiger partial charge is 0.480 e. The van der Waals surface area contributed by atoms with Gasteiger partial charge in [0, 0.05) is 0 Å². The number of carbonyl (C=O) groups excluding carboxylic acids is 1. The quantitative estimate of drug-likeness (QED) is 0.762. The molecule has 0 fully saturated rings. The van der Waals surface area contributed by atoms with Crippen LogP contribution in [-0.2, 0) is 9.59 Å². The number of halogens is 2. The number of aliphatic carboxylic acids is 1. The third-order valence-electron chi connectivity index (χ3n) is 2.10. The second kappa shape index (κ2) is 5.85. The Morgan fingerprint density at radius 2 is 2.00 bits per heavy atom.